The normalized spacial score (nSPS) is 12.0. The monoisotopic (exact) mass is 277 g/mol. The van der Waals surface area contributed by atoms with Gasteiger partial charge in [0.25, 0.3) is 0 Å². The Morgan fingerprint density at radius 2 is 1.95 bits per heavy atom. The molecule has 0 aliphatic carbocycles. The number of aryl methyl sites for hydroxylation is 2. The van der Waals surface area contributed by atoms with Gasteiger partial charge in [0.05, 0.1) is 5.92 Å². The Bertz CT molecular complexity index is 496. The summed E-state index contributed by atoms with van der Waals surface area (Å²) in [6.07, 6.45) is 1.18. The minimum atomic E-state index is -0.885. The molecule has 0 saturated heterocycles. The second kappa shape index (κ2) is 7.08. The molecule has 0 fully saturated rings. The number of carboxylic acids is 1. The average Bonchev–Trinajstić information content (AvgIpc) is 2.38. The van der Waals surface area contributed by atoms with Gasteiger partial charge in [-0.3, -0.25) is 9.59 Å². The third-order valence-corrected chi connectivity index (χ3v) is 3.30. The molecule has 1 amide bonds. The van der Waals surface area contributed by atoms with E-state index in [0.717, 1.165) is 23.2 Å². The zero-order chi connectivity index (χ0) is 15.3. The molecule has 0 aromatic heterocycles. The van der Waals surface area contributed by atoms with E-state index in [0.29, 0.717) is 6.42 Å². The summed E-state index contributed by atoms with van der Waals surface area (Å²) in [7, 11) is 0. The lowest BCUT2D eigenvalue weighted by Crippen LogP contribution is -2.37. The summed E-state index contributed by atoms with van der Waals surface area (Å²) in [5.41, 5.74) is 2.86. The summed E-state index contributed by atoms with van der Waals surface area (Å²) in [6, 6.07) is 5.89. The maximum atomic E-state index is 12.3. The molecule has 1 aromatic carbocycles. The van der Waals surface area contributed by atoms with Gasteiger partial charge in [-0.25, -0.2) is 0 Å². The van der Waals surface area contributed by atoms with Crippen LogP contribution >= 0.6 is 0 Å². The van der Waals surface area contributed by atoms with E-state index in [2.05, 4.69) is 0 Å². The molecule has 1 N–H and O–H groups in total. The van der Waals surface area contributed by atoms with Crippen LogP contribution in [0.3, 0.4) is 0 Å². The topological polar surface area (TPSA) is 57.6 Å². The van der Waals surface area contributed by atoms with Crippen molar-refractivity contribution in [3.05, 3.63) is 29.3 Å². The molecular weight excluding hydrogens is 254 g/mol. The van der Waals surface area contributed by atoms with E-state index < -0.39 is 11.9 Å². The van der Waals surface area contributed by atoms with Gasteiger partial charge >= 0.3 is 5.97 Å². The Balaban J connectivity index is 3.12. The SMILES string of the molecule is CCCC(=O)N(CC(C)C(=O)O)c1cc(C)ccc1C. The highest BCUT2D eigenvalue weighted by molar-refractivity contribution is 5.94. The first kappa shape index (κ1) is 16.2. The third kappa shape index (κ3) is 4.08. The number of hydrogen-bond acceptors (Lipinski definition) is 2. The number of carbonyl (C=O) groups excluding carboxylic acids is 1. The van der Waals surface area contributed by atoms with Crippen molar-refractivity contribution in [2.75, 3.05) is 11.4 Å². The maximum Gasteiger partial charge on any atom is 0.308 e. The highest BCUT2D eigenvalue weighted by atomic mass is 16.4. The average molecular weight is 277 g/mol. The molecule has 0 bridgehead atoms. The van der Waals surface area contributed by atoms with Gasteiger partial charge in [-0.05, 0) is 37.5 Å². The van der Waals surface area contributed by atoms with Crippen LogP contribution < -0.4 is 4.90 Å². The zero-order valence-electron chi connectivity index (χ0n) is 12.6. The van der Waals surface area contributed by atoms with E-state index in [4.69, 9.17) is 5.11 Å². The molecule has 0 saturated carbocycles. The van der Waals surface area contributed by atoms with Crippen LogP contribution in [0.5, 0.6) is 0 Å². The molecule has 0 spiro atoms. The van der Waals surface area contributed by atoms with Crippen molar-refractivity contribution in [2.45, 2.75) is 40.5 Å². The molecule has 0 radical (unpaired) electrons. The van der Waals surface area contributed by atoms with Gasteiger partial charge in [0.1, 0.15) is 0 Å². The van der Waals surface area contributed by atoms with E-state index in [-0.39, 0.29) is 12.5 Å². The standard InChI is InChI=1S/C16H23NO3/c1-5-6-15(18)17(10-13(4)16(19)20)14-9-11(2)7-8-12(14)3/h7-9,13H,5-6,10H2,1-4H3,(H,19,20). The third-order valence-electron chi connectivity index (χ3n) is 3.30. The van der Waals surface area contributed by atoms with E-state index in [1.807, 2.05) is 39.0 Å². The van der Waals surface area contributed by atoms with Crippen LogP contribution in [-0.4, -0.2) is 23.5 Å². The Hall–Kier alpha value is -1.84. The van der Waals surface area contributed by atoms with Gasteiger partial charge < -0.3 is 10.0 Å². The van der Waals surface area contributed by atoms with Crippen LogP contribution in [0, 0.1) is 19.8 Å². The van der Waals surface area contributed by atoms with Crippen molar-refractivity contribution in [1.29, 1.82) is 0 Å². The zero-order valence-corrected chi connectivity index (χ0v) is 12.6. The van der Waals surface area contributed by atoms with E-state index in [9.17, 15) is 9.59 Å². The van der Waals surface area contributed by atoms with Crippen LogP contribution in [0.1, 0.15) is 37.8 Å². The Kier molecular flexibility index (Phi) is 5.74. The summed E-state index contributed by atoms with van der Waals surface area (Å²) in [4.78, 5) is 25.0. The lowest BCUT2D eigenvalue weighted by molar-refractivity contribution is -0.140. The first-order valence-electron chi connectivity index (χ1n) is 6.97. The molecule has 1 aromatic rings. The Labute approximate surface area is 120 Å². The largest absolute Gasteiger partial charge is 0.481 e. The number of hydrogen-bond donors (Lipinski definition) is 1. The van der Waals surface area contributed by atoms with E-state index in [1.165, 1.54) is 0 Å². The fourth-order valence-electron chi connectivity index (χ4n) is 2.05. The molecule has 1 atom stereocenters. The summed E-state index contributed by atoms with van der Waals surface area (Å²) in [5.74, 6) is -1.49. The number of aliphatic carboxylic acids is 1. The summed E-state index contributed by atoms with van der Waals surface area (Å²) in [5, 5.41) is 9.08. The second-order valence-corrected chi connectivity index (χ2v) is 5.28. The lowest BCUT2D eigenvalue weighted by Gasteiger charge is -2.26. The molecule has 20 heavy (non-hydrogen) atoms. The summed E-state index contributed by atoms with van der Waals surface area (Å²) < 4.78 is 0. The predicted molar refractivity (Wildman–Crippen MR) is 80.0 cm³/mol. The minimum Gasteiger partial charge on any atom is -0.481 e. The van der Waals surface area contributed by atoms with Gasteiger partial charge in [-0.15, -0.1) is 0 Å². The maximum absolute atomic E-state index is 12.3. The summed E-state index contributed by atoms with van der Waals surface area (Å²) in [6.45, 7) is 7.68. The van der Waals surface area contributed by atoms with Gasteiger partial charge in [-0.2, -0.15) is 0 Å². The summed E-state index contributed by atoms with van der Waals surface area (Å²) >= 11 is 0. The molecular formula is C16H23NO3. The molecule has 4 heteroatoms. The smallest absolute Gasteiger partial charge is 0.308 e. The molecule has 0 aliphatic heterocycles. The predicted octanol–water partition coefficient (Wildman–Crippen LogP) is 3.16. The highest BCUT2D eigenvalue weighted by Gasteiger charge is 2.22. The highest BCUT2D eigenvalue weighted by Crippen LogP contribution is 2.23. The number of nitrogens with zero attached hydrogens (tertiary/aromatic N) is 1. The Morgan fingerprint density at radius 3 is 2.50 bits per heavy atom. The van der Waals surface area contributed by atoms with Crippen molar-refractivity contribution in [3.63, 3.8) is 0 Å². The van der Waals surface area contributed by atoms with Gasteiger partial charge in [0.15, 0.2) is 0 Å². The molecule has 110 valence electrons. The fourth-order valence-corrected chi connectivity index (χ4v) is 2.05. The number of anilines is 1. The van der Waals surface area contributed by atoms with Crippen LogP contribution in [0.15, 0.2) is 18.2 Å². The quantitative estimate of drug-likeness (QED) is 0.869. The number of benzene rings is 1. The van der Waals surface area contributed by atoms with Crippen LogP contribution in [0.2, 0.25) is 0 Å². The van der Waals surface area contributed by atoms with Crippen molar-refractivity contribution in [1.82, 2.24) is 0 Å². The first-order chi connectivity index (χ1) is 9.36. The molecule has 4 nitrogen and oxygen atoms in total. The van der Waals surface area contributed by atoms with Gasteiger partial charge in [-0.1, -0.05) is 26.0 Å². The molecule has 1 rings (SSSR count). The van der Waals surface area contributed by atoms with Gasteiger partial charge in [0, 0.05) is 18.7 Å². The number of amides is 1. The second-order valence-electron chi connectivity index (χ2n) is 5.28. The minimum absolute atomic E-state index is 0.0192. The number of carboxylic acid groups (broad SMARTS) is 1. The van der Waals surface area contributed by atoms with E-state index in [1.54, 1.807) is 11.8 Å². The molecule has 1 unspecified atom stereocenters. The molecule has 0 heterocycles. The van der Waals surface area contributed by atoms with Gasteiger partial charge in [0.2, 0.25) is 5.91 Å². The van der Waals surface area contributed by atoms with Crippen LogP contribution in [0.25, 0.3) is 0 Å². The van der Waals surface area contributed by atoms with Crippen molar-refractivity contribution < 1.29 is 14.7 Å². The fraction of sp³-hybridized carbons (Fsp3) is 0.500. The van der Waals surface area contributed by atoms with E-state index >= 15 is 0 Å². The van der Waals surface area contributed by atoms with Crippen LogP contribution in [0.4, 0.5) is 5.69 Å². The van der Waals surface area contributed by atoms with Crippen molar-refractivity contribution in [2.24, 2.45) is 5.92 Å². The molecule has 0 aliphatic rings. The first-order valence-corrected chi connectivity index (χ1v) is 6.97. The number of rotatable bonds is 6. The lowest BCUT2D eigenvalue weighted by atomic mass is 10.1. The van der Waals surface area contributed by atoms with Crippen LogP contribution in [-0.2, 0) is 9.59 Å². The Morgan fingerprint density at radius 1 is 1.30 bits per heavy atom. The van der Waals surface area contributed by atoms with Crippen molar-refractivity contribution in [3.8, 4) is 0 Å². The van der Waals surface area contributed by atoms with Crippen molar-refractivity contribution >= 4 is 17.6 Å². The number of carbonyl (C=O) groups is 2.